The van der Waals surface area contributed by atoms with Crippen LogP contribution in [0.3, 0.4) is 0 Å². The molecule has 1 fully saturated rings. The molecule has 0 aromatic carbocycles. The van der Waals surface area contributed by atoms with E-state index in [-0.39, 0.29) is 11.9 Å². The molecule has 0 radical (unpaired) electrons. The van der Waals surface area contributed by atoms with Crippen LogP contribution in [0.1, 0.15) is 60.3 Å². The summed E-state index contributed by atoms with van der Waals surface area (Å²) >= 11 is 0. The van der Waals surface area contributed by atoms with E-state index in [0.717, 1.165) is 38.8 Å². The van der Waals surface area contributed by atoms with Crippen LogP contribution in [-0.2, 0) is 4.79 Å². The molecule has 1 heterocycles. The van der Waals surface area contributed by atoms with Crippen LogP contribution >= 0.6 is 0 Å². The van der Waals surface area contributed by atoms with Gasteiger partial charge in [-0.2, -0.15) is 0 Å². The summed E-state index contributed by atoms with van der Waals surface area (Å²) in [5.41, 5.74) is 0. The van der Waals surface area contributed by atoms with E-state index in [4.69, 9.17) is 0 Å². The molecule has 4 heteroatoms. The van der Waals surface area contributed by atoms with Crippen LogP contribution in [0, 0.1) is 0 Å². The van der Waals surface area contributed by atoms with Crippen molar-refractivity contribution < 1.29 is 4.79 Å². The summed E-state index contributed by atoms with van der Waals surface area (Å²) in [6.45, 7) is 12.7. The van der Waals surface area contributed by atoms with E-state index < -0.39 is 0 Å². The van der Waals surface area contributed by atoms with Crippen LogP contribution in [0.2, 0.25) is 0 Å². The molecular weight excluding hydrogens is 250 g/mol. The molecule has 1 amide bonds. The minimum atomic E-state index is -0.0308. The summed E-state index contributed by atoms with van der Waals surface area (Å²) in [6, 6.07) is 1.27. The van der Waals surface area contributed by atoms with Gasteiger partial charge in [0.15, 0.2) is 0 Å². The van der Waals surface area contributed by atoms with Crippen molar-refractivity contribution in [3.05, 3.63) is 0 Å². The number of piperazine rings is 1. The highest BCUT2D eigenvalue weighted by Gasteiger charge is 2.32. The van der Waals surface area contributed by atoms with Crippen LogP contribution in [0.5, 0.6) is 0 Å². The zero-order valence-electron chi connectivity index (χ0n) is 13.9. The van der Waals surface area contributed by atoms with E-state index in [1.807, 2.05) is 0 Å². The van der Waals surface area contributed by atoms with Gasteiger partial charge in [0, 0.05) is 31.2 Å². The molecule has 3 atom stereocenters. The second-order valence-corrected chi connectivity index (χ2v) is 5.97. The maximum Gasteiger partial charge on any atom is 0.237 e. The van der Waals surface area contributed by atoms with Gasteiger partial charge in [0.05, 0.1) is 6.04 Å². The number of nitrogens with one attached hydrogen (secondary N) is 2. The minimum absolute atomic E-state index is 0.0308. The third-order valence-electron chi connectivity index (χ3n) is 4.72. The number of nitrogens with zero attached hydrogens (tertiary/aromatic N) is 1. The lowest BCUT2D eigenvalue weighted by atomic mass is 10.0. The Labute approximate surface area is 124 Å². The highest BCUT2D eigenvalue weighted by Crippen LogP contribution is 2.16. The van der Waals surface area contributed by atoms with Crippen molar-refractivity contribution in [3.8, 4) is 0 Å². The van der Waals surface area contributed by atoms with Gasteiger partial charge < -0.3 is 10.6 Å². The third kappa shape index (κ3) is 4.45. The first-order chi connectivity index (χ1) is 9.57. The Morgan fingerprint density at radius 3 is 2.40 bits per heavy atom. The van der Waals surface area contributed by atoms with Crippen molar-refractivity contribution >= 4 is 5.91 Å². The number of amides is 1. The molecule has 0 bridgehead atoms. The van der Waals surface area contributed by atoms with E-state index in [1.165, 1.54) is 0 Å². The molecule has 0 spiro atoms. The fourth-order valence-corrected chi connectivity index (χ4v) is 2.98. The Morgan fingerprint density at radius 1 is 1.25 bits per heavy atom. The number of carbonyl (C=O) groups is 1. The highest BCUT2D eigenvalue weighted by atomic mass is 16.2. The predicted octanol–water partition coefficient (Wildman–Crippen LogP) is 2.14. The molecule has 0 saturated carbocycles. The van der Waals surface area contributed by atoms with Crippen LogP contribution in [0.15, 0.2) is 0 Å². The summed E-state index contributed by atoms with van der Waals surface area (Å²) < 4.78 is 0. The quantitative estimate of drug-likeness (QED) is 0.752. The van der Waals surface area contributed by atoms with Crippen molar-refractivity contribution in [1.82, 2.24) is 15.5 Å². The fourth-order valence-electron chi connectivity index (χ4n) is 2.98. The Morgan fingerprint density at radius 2 is 1.90 bits per heavy atom. The lowest BCUT2D eigenvalue weighted by molar-refractivity contribution is -0.128. The standard InChI is InChI=1S/C16H33N3O/c1-6-13(7-2)18-16(20)12(5)19-11-14(8-3)17-10-15(19)9-4/h12-15,17H,6-11H2,1-5H3,(H,18,20). The average molecular weight is 283 g/mol. The Kier molecular flexibility index (Phi) is 7.52. The van der Waals surface area contributed by atoms with Crippen molar-refractivity contribution in [3.63, 3.8) is 0 Å². The van der Waals surface area contributed by atoms with Gasteiger partial charge in [0.25, 0.3) is 0 Å². The molecule has 1 aliphatic rings. The lowest BCUT2D eigenvalue weighted by Crippen LogP contribution is -2.61. The monoisotopic (exact) mass is 283 g/mol. The number of hydrogen-bond acceptors (Lipinski definition) is 3. The maximum absolute atomic E-state index is 12.5. The lowest BCUT2D eigenvalue weighted by Gasteiger charge is -2.43. The molecule has 3 unspecified atom stereocenters. The summed E-state index contributed by atoms with van der Waals surface area (Å²) in [5.74, 6) is 0.189. The number of rotatable bonds is 7. The normalized spacial score (nSPS) is 25.7. The van der Waals surface area contributed by atoms with Gasteiger partial charge >= 0.3 is 0 Å². The van der Waals surface area contributed by atoms with Crippen LogP contribution in [0.4, 0.5) is 0 Å². The van der Waals surface area contributed by atoms with E-state index >= 15 is 0 Å². The van der Waals surface area contributed by atoms with Gasteiger partial charge in [0.2, 0.25) is 5.91 Å². The second kappa shape index (κ2) is 8.63. The first-order valence-corrected chi connectivity index (χ1v) is 8.36. The van der Waals surface area contributed by atoms with Crippen LogP contribution in [-0.4, -0.2) is 48.1 Å². The molecule has 0 aliphatic carbocycles. The van der Waals surface area contributed by atoms with E-state index in [0.29, 0.717) is 18.1 Å². The summed E-state index contributed by atoms with van der Waals surface area (Å²) in [5, 5.41) is 6.77. The van der Waals surface area contributed by atoms with Gasteiger partial charge in [-0.1, -0.05) is 27.7 Å². The van der Waals surface area contributed by atoms with Crippen molar-refractivity contribution in [2.45, 2.75) is 84.5 Å². The second-order valence-electron chi connectivity index (χ2n) is 5.97. The molecule has 0 aromatic heterocycles. The molecular formula is C16H33N3O. The molecule has 0 aromatic rings. The Balaban J connectivity index is 2.65. The van der Waals surface area contributed by atoms with Gasteiger partial charge in [-0.25, -0.2) is 0 Å². The van der Waals surface area contributed by atoms with Crippen molar-refractivity contribution in [1.29, 1.82) is 0 Å². The van der Waals surface area contributed by atoms with E-state index in [2.05, 4.69) is 50.2 Å². The van der Waals surface area contributed by atoms with Crippen molar-refractivity contribution in [2.75, 3.05) is 13.1 Å². The van der Waals surface area contributed by atoms with Crippen LogP contribution < -0.4 is 10.6 Å². The zero-order valence-corrected chi connectivity index (χ0v) is 13.9. The first kappa shape index (κ1) is 17.4. The average Bonchev–Trinajstić information content (AvgIpc) is 2.50. The maximum atomic E-state index is 12.5. The summed E-state index contributed by atoms with van der Waals surface area (Å²) in [6.07, 6.45) is 4.22. The molecule has 1 saturated heterocycles. The Hall–Kier alpha value is -0.610. The number of hydrogen-bond donors (Lipinski definition) is 2. The molecule has 4 nitrogen and oxygen atoms in total. The predicted molar refractivity (Wildman–Crippen MR) is 84.8 cm³/mol. The summed E-state index contributed by atoms with van der Waals surface area (Å²) in [4.78, 5) is 14.8. The largest absolute Gasteiger partial charge is 0.352 e. The SMILES string of the molecule is CCC1CN(C(C)C(=O)NC(CC)CC)C(CC)CN1. The minimum Gasteiger partial charge on any atom is -0.352 e. The molecule has 20 heavy (non-hydrogen) atoms. The molecule has 1 aliphatic heterocycles. The molecule has 2 N–H and O–H groups in total. The van der Waals surface area contributed by atoms with Crippen molar-refractivity contribution in [2.24, 2.45) is 0 Å². The smallest absolute Gasteiger partial charge is 0.237 e. The molecule has 1 rings (SSSR count). The van der Waals surface area contributed by atoms with E-state index in [1.54, 1.807) is 0 Å². The topological polar surface area (TPSA) is 44.4 Å². The van der Waals surface area contributed by atoms with E-state index in [9.17, 15) is 4.79 Å². The van der Waals surface area contributed by atoms with Gasteiger partial charge in [-0.3, -0.25) is 9.69 Å². The Bertz CT molecular complexity index is 291. The van der Waals surface area contributed by atoms with Gasteiger partial charge in [-0.15, -0.1) is 0 Å². The fraction of sp³-hybridized carbons (Fsp3) is 0.938. The number of carbonyl (C=O) groups excluding carboxylic acids is 1. The van der Waals surface area contributed by atoms with Gasteiger partial charge in [0.1, 0.15) is 0 Å². The highest BCUT2D eigenvalue weighted by molar-refractivity contribution is 5.81. The first-order valence-electron chi connectivity index (χ1n) is 8.36. The van der Waals surface area contributed by atoms with Gasteiger partial charge in [-0.05, 0) is 32.6 Å². The summed E-state index contributed by atoms with van der Waals surface area (Å²) in [7, 11) is 0. The third-order valence-corrected chi connectivity index (χ3v) is 4.72. The zero-order chi connectivity index (χ0) is 15.1. The van der Waals surface area contributed by atoms with Crippen LogP contribution in [0.25, 0.3) is 0 Å². The molecule has 118 valence electrons.